The number of unbranched alkanes of at least 4 members (excludes halogenated alkanes) is 3. The molecule has 0 aliphatic heterocycles. The summed E-state index contributed by atoms with van der Waals surface area (Å²) >= 11 is 5.43. The topological polar surface area (TPSA) is 29.1 Å². The summed E-state index contributed by atoms with van der Waals surface area (Å²) in [5.41, 5.74) is 0.0941. The summed E-state index contributed by atoms with van der Waals surface area (Å²) in [6, 6.07) is 4.73. The van der Waals surface area contributed by atoms with E-state index in [1.165, 1.54) is 23.3 Å². The number of rotatable bonds is 7. The summed E-state index contributed by atoms with van der Waals surface area (Å²) in [7, 11) is 0. The van der Waals surface area contributed by atoms with Crippen molar-refractivity contribution in [3.63, 3.8) is 0 Å². The highest BCUT2D eigenvalue weighted by molar-refractivity contribution is 14.1. The first-order chi connectivity index (χ1) is 8.66. The molecule has 5 heteroatoms. The normalized spacial score (nSPS) is 10.4. The third-order valence-electron chi connectivity index (χ3n) is 2.54. The highest BCUT2D eigenvalue weighted by atomic mass is 127. The van der Waals surface area contributed by atoms with Crippen molar-refractivity contribution in [1.82, 2.24) is 5.32 Å². The molecule has 1 N–H and O–H groups in total. The number of nitrogens with one attached hydrogen (secondary N) is 1. The van der Waals surface area contributed by atoms with Gasteiger partial charge in [0.2, 0.25) is 0 Å². The van der Waals surface area contributed by atoms with Crippen LogP contribution in [0.5, 0.6) is 0 Å². The van der Waals surface area contributed by atoms with Crippen LogP contribution in [0.25, 0.3) is 0 Å². The Labute approximate surface area is 129 Å². The first-order valence-electron chi connectivity index (χ1n) is 5.95. The zero-order chi connectivity index (χ0) is 13.4. The number of hydrogen-bond acceptors (Lipinski definition) is 1. The number of alkyl halides is 1. The summed E-state index contributed by atoms with van der Waals surface area (Å²) in [6.45, 7) is 0.603. The fourth-order valence-electron chi connectivity index (χ4n) is 1.55. The van der Waals surface area contributed by atoms with Crippen LogP contribution in [0.1, 0.15) is 36.0 Å². The maximum Gasteiger partial charge on any atom is 0.254 e. The van der Waals surface area contributed by atoms with E-state index >= 15 is 0 Å². The van der Waals surface area contributed by atoms with Crippen LogP contribution in [0.4, 0.5) is 4.39 Å². The second-order valence-electron chi connectivity index (χ2n) is 3.96. The van der Waals surface area contributed by atoms with E-state index in [4.69, 9.17) is 0 Å². The van der Waals surface area contributed by atoms with Crippen molar-refractivity contribution in [3.05, 3.63) is 34.1 Å². The van der Waals surface area contributed by atoms with Crippen LogP contribution in [-0.2, 0) is 0 Å². The molecule has 0 saturated heterocycles. The van der Waals surface area contributed by atoms with Gasteiger partial charge in [0.25, 0.3) is 5.91 Å². The van der Waals surface area contributed by atoms with Gasteiger partial charge in [0.15, 0.2) is 0 Å². The van der Waals surface area contributed by atoms with Crippen molar-refractivity contribution in [2.24, 2.45) is 0 Å². The number of carbonyl (C=O) groups excluding carboxylic acids is 1. The van der Waals surface area contributed by atoms with Crippen LogP contribution in [0.2, 0.25) is 0 Å². The molecule has 0 heterocycles. The Bertz CT molecular complexity index is 401. The summed E-state index contributed by atoms with van der Waals surface area (Å²) in [4.78, 5) is 11.7. The minimum Gasteiger partial charge on any atom is -0.352 e. The molecule has 0 spiro atoms. The maximum atomic E-state index is 13.6. The Morgan fingerprint density at radius 2 is 2.00 bits per heavy atom. The van der Waals surface area contributed by atoms with Crippen molar-refractivity contribution in [2.45, 2.75) is 25.7 Å². The van der Waals surface area contributed by atoms with Crippen LogP contribution in [-0.4, -0.2) is 16.9 Å². The molecule has 0 aliphatic carbocycles. The Balaban J connectivity index is 2.35. The van der Waals surface area contributed by atoms with E-state index in [-0.39, 0.29) is 11.5 Å². The molecule has 1 aromatic rings. The molecule has 0 bridgehead atoms. The van der Waals surface area contributed by atoms with Gasteiger partial charge in [0.05, 0.1) is 10.0 Å². The number of benzene rings is 1. The molecular formula is C13H16BrFINO. The fraction of sp³-hybridized carbons (Fsp3) is 0.462. The van der Waals surface area contributed by atoms with Crippen LogP contribution >= 0.6 is 38.5 Å². The van der Waals surface area contributed by atoms with E-state index < -0.39 is 5.82 Å². The van der Waals surface area contributed by atoms with Crippen molar-refractivity contribution < 1.29 is 9.18 Å². The van der Waals surface area contributed by atoms with E-state index in [0.29, 0.717) is 11.0 Å². The van der Waals surface area contributed by atoms with Crippen molar-refractivity contribution >= 4 is 44.4 Å². The molecule has 0 saturated carbocycles. The highest BCUT2D eigenvalue weighted by Gasteiger charge is 2.12. The monoisotopic (exact) mass is 427 g/mol. The molecule has 0 unspecified atom stereocenters. The minimum absolute atomic E-state index is 0.0941. The van der Waals surface area contributed by atoms with Crippen LogP contribution in [0.15, 0.2) is 22.7 Å². The van der Waals surface area contributed by atoms with Crippen molar-refractivity contribution in [2.75, 3.05) is 11.0 Å². The Hall–Kier alpha value is -0.170. The second-order valence-corrected chi connectivity index (χ2v) is 5.89. The quantitative estimate of drug-likeness (QED) is 0.392. The number of hydrogen-bond donors (Lipinski definition) is 1. The predicted molar refractivity (Wildman–Crippen MR) is 83.8 cm³/mol. The van der Waals surface area contributed by atoms with Gasteiger partial charge in [-0.1, -0.05) is 41.5 Å². The average Bonchev–Trinajstić information content (AvgIpc) is 2.36. The lowest BCUT2D eigenvalue weighted by molar-refractivity contribution is 0.0949. The molecule has 1 rings (SSSR count). The maximum absolute atomic E-state index is 13.6. The Kier molecular flexibility index (Phi) is 7.81. The third kappa shape index (κ3) is 5.22. The molecule has 0 atom stereocenters. The number of carbonyl (C=O) groups is 1. The molecule has 1 aromatic carbocycles. The summed E-state index contributed by atoms with van der Waals surface area (Å²) in [6.07, 6.45) is 4.45. The van der Waals surface area contributed by atoms with E-state index in [9.17, 15) is 9.18 Å². The fourth-order valence-corrected chi connectivity index (χ4v) is 2.45. The van der Waals surface area contributed by atoms with E-state index in [1.807, 2.05) is 0 Å². The van der Waals surface area contributed by atoms with Crippen molar-refractivity contribution in [3.8, 4) is 0 Å². The zero-order valence-electron chi connectivity index (χ0n) is 10.0. The molecule has 0 fully saturated rings. The minimum atomic E-state index is -0.500. The standard InChI is InChI=1S/C13H16BrFINO/c14-11-7-5-6-10(12(11)15)13(18)17-9-4-2-1-3-8-16/h5-7H,1-4,8-9H2,(H,17,18). The van der Waals surface area contributed by atoms with Crippen LogP contribution < -0.4 is 5.32 Å². The predicted octanol–water partition coefficient (Wildman–Crippen LogP) is 4.31. The molecule has 0 aromatic heterocycles. The van der Waals surface area contributed by atoms with Crippen LogP contribution in [0, 0.1) is 5.82 Å². The molecule has 0 aliphatic rings. The highest BCUT2D eigenvalue weighted by Crippen LogP contribution is 2.18. The van der Waals surface area contributed by atoms with Gasteiger partial charge in [-0.2, -0.15) is 0 Å². The van der Waals surface area contributed by atoms with Gasteiger partial charge in [-0.05, 0) is 45.3 Å². The second kappa shape index (κ2) is 8.85. The first-order valence-corrected chi connectivity index (χ1v) is 8.27. The van der Waals surface area contributed by atoms with Gasteiger partial charge in [0.1, 0.15) is 5.82 Å². The third-order valence-corrected chi connectivity index (χ3v) is 3.92. The zero-order valence-corrected chi connectivity index (χ0v) is 13.8. The van der Waals surface area contributed by atoms with Gasteiger partial charge < -0.3 is 5.32 Å². The summed E-state index contributed by atoms with van der Waals surface area (Å²) in [5.74, 6) is -0.845. The Morgan fingerprint density at radius 3 is 2.72 bits per heavy atom. The van der Waals surface area contributed by atoms with Gasteiger partial charge in [-0.25, -0.2) is 4.39 Å². The van der Waals surface area contributed by atoms with Crippen LogP contribution in [0.3, 0.4) is 0 Å². The van der Waals surface area contributed by atoms with Gasteiger partial charge >= 0.3 is 0 Å². The van der Waals surface area contributed by atoms with E-state index in [1.54, 1.807) is 12.1 Å². The lowest BCUT2D eigenvalue weighted by atomic mass is 10.2. The first kappa shape index (κ1) is 15.9. The molecule has 100 valence electrons. The molecule has 2 nitrogen and oxygen atoms in total. The molecule has 1 amide bonds. The number of halogens is 3. The van der Waals surface area contributed by atoms with Crippen molar-refractivity contribution in [1.29, 1.82) is 0 Å². The lowest BCUT2D eigenvalue weighted by Gasteiger charge is -2.06. The van der Waals surface area contributed by atoms with Gasteiger partial charge in [0, 0.05) is 6.54 Å². The lowest BCUT2D eigenvalue weighted by Crippen LogP contribution is -2.25. The average molecular weight is 428 g/mol. The SMILES string of the molecule is O=C(NCCCCCCI)c1cccc(Br)c1F. The molecule has 18 heavy (non-hydrogen) atoms. The molecule has 0 radical (unpaired) electrons. The Morgan fingerprint density at radius 1 is 1.28 bits per heavy atom. The van der Waals surface area contributed by atoms with E-state index in [2.05, 4.69) is 43.8 Å². The summed E-state index contributed by atoms with van der Waals surface area (Å²) < 4.78 is 15.1. The van der Waals surface area contributed by atoms with Gasteiger partial charge in [-0.3, -0.25) is 4.79 Å². The largest absolute Gasteiger partial charge is 0.352 e. The number of amides is 1. The van der Waals surface area contributed by atoms with E-state index in [0.717, 1.165) is 12.8 Å². The molecular weight excluding hydrogens is 412 g/mol. The summed E-state index contributed by atoms with van der Waals surface area (Å²) in [5, 5.41) is 2.74. The smallest absolute Gasteiger partial charge is 0.254 e. The van der Waals surface area contributed by atoms with Gasteiger partial charge in [-0.15, -0.1) is 0 Å².